The van der Waals surface area contributed by atoms with Crippen LogP contribution in [-0.4, -0.2) is 40.3 Å². The maximum absolute atomic E-state index is 6.11. The van der Waals surface area contributed by atoms with Gasteiger partial charge in [-0.2, -0.15) is 5.10 Å². The van der Waals surface area contributed by atoms with Gasteiger partial charge in [-0.15, -0.1) is 24.0 Å². The topological polar surface area (TPSA) is 59.4 Å². The van der Waals surface area contributed by atoms with Crippen molar-refractivity contribution < 1.29 is 0 Å². The molecule has 126 valence electrons. The summed E-state index contributed by atoms with van der Waals surface area (Å²) >= 11 is 0. The summed E-state index contributed by atoms with van der Waals surface area (Å²) in [6.45, 7) is 9.39. The molecule has 0 bridgehead atoms. The molecule has 22 heavy (non-hydrogen) atoms. The second kappa shape index (κ2) is 8.74. The third kappa shape index (κ3) is 4.86. The van der Waals surface area contributed by atoms with Crippen LogP contribution < -0.4 is 5.73 Å². The van der Waals surface area contributed by atoms with E-state index in [1.54, 1.807) is 0 Å². The van der Waals surface area contributed by atoms with E-state index in [9.17, 15) is 0 Å². The Kier molecular flexibility index (Phi) is 7.65. The molecule has 0 amide bonds. The minimum atomic E-state index is 0. The smallest absolute Gasteiger partial charge is 0.191 e. The number of aryl methyl sites for hydroxylation is 2. The Hall–Kier alpha value is -0.790. The number of piperidine rings is 1. The van der Waals surface area contributed by atoms with Gasteiger partial charge >= 0.3 is 0 Å². The van der Waals surface area contributed by atoms with Crippen LogP contribution in [0.15, 0.2) is 4.99 Å². The number of aliphatic imine (C=N–C) groups is 1. The molecule has 0 radical (unpaired) electrons. The zero-order valence-corrected chi connectivity index (χ0v) is 16.6. The zero-order chi connectivity index (χ0) is 15.4. The number of likely N-dealkylation sites (tertiary alicyclic amines) is 1. The highest BCUT2D eigenvalue weighted by Crippen LogP contribution is 2.16. The Morgan fingerprint density at radius 3 is 2.73 bits per heavy atom. The van der Waals surface area contributed by atoms with Crippen LogP contribution in [0.25, 0.3) is 0 Å². The van der Waals surface area contributed by atoms with Crippen LogP contribution in [0.3, 0.4) is 0 Å². The van der Waals surface area contributed by atoms with Gasteiger partial charge in [-0.3, -0.25) is 9.67 Å². The van der Waals surface area contributed by atoms with Crippen LogP contribution in [0.5, 0.6) is 0 Å². The predicted molar refractivity (Wildman–Crippen MR) is 103 cm³/mol. The second-order valence-corrected chi connectivity index (χ2v) is 6.31. The molecule has 1 unspecified atom stereocenters. The van der Waals surface area contributed by atoms with Crippen molar-refractivity contribution in [1.82, 2.24) is 14.7 Å². The highest BCUT2D eigenvalue weighted by atomic mass is 127. The first-order valence-electron chi connectivity index (χ1n) is 8.03. The first-order chi connectivity index (χ1) is 9.99. The molecule has 2 heterocycles. The fourth-order valence-electron chi connectivity index (χ4n) is 3.13. The molecule has 1 aliphatic heterocycles. The quantitative estimate of drug-likeness (QED) is 0.353. The van der Waals surface area contributed by atoms with Crippen LogP contribution >= 0.6 is 24.0 Å². The summed E-state index contributed by atoms with van der Waals surface area (Å²) in [6.07, 6.45) is 4.59. The molecule has 1 atom stereocenters. The Morgan fingerprint density at radius 2 is 2.14 bits per heavy atom. The van der Waals surface area contributed by atoms with Gasteiger partial charge in [-0.1, -0.05) is 6.92 Å². The van der Waals surface area contributed by atoms with Gasteiger partial charge < -0.3 is 10.6 Å². The molecule has 0 aliphatic carbocycles. The third-order valence-electron chi connectivity index (χ3n) is 4.50. The maximum Gasteiger partial charge on any atom is 0.191 e. The minimum Gasteiger partial charge on any atom is -0.370 e. The van der Waals surface area contributed by atoms with Gasteiger partial charge in [-0.25, -0.2) is 0 Å². The highest BCUT2D eigenvalue weighted by molar-refractivity contribution is 14.0. The molecule has 1 aromatic heterocycles. The van der Waals surface area contributed by atoms with Crippen molar-refractivity contribution in [2.75, 3.05) is 19.6 Å². The number of halogens is 1. The largest absolute Gasteiger partial charge is 0.370 e. The van der Waals surface area contributed by atoms with Gasteiger partial charge in [0.2, 0.25) is 0 Å². The van der Waals surface area contributed by atoms with Gasteiger partial charge in [0.1, 0.15) is 0 Å². The molecule has 1 aliphatic rings. The Balaban J connectivity index is 0.00000242. The Bertz CT molecular complexity index is 509. The number of nitrogens with zero attached hydrogens (tertiary/aromatic N) is 4. The van der Waals surface area contributed by atoms with E-state index < -0.39 is 0 Å². The molecule has 2 rings (SSSR count). The standard InChI is InChI=1S/C16H29N5.HI/c1-12-7-6-10-21(11-12)16(17)18-9-5-8-15-13(2)19-20(4)14(15)3;/h12H,5-11H2,1-4H3,(H2,17,18);1H. The molecule has 0 spiro atoms. The number of aromatic nitrogens is 2. The summed E-state index contributed by atoms with van der Waals surface area (Å²) in [5.41, 5.74) is 9.87. The van der Waals surface area contributed by atoms with E-state index in [0.29, 0.717) is 0 Å². The van der Waals surface area contributed by atoms with Gasteiger partial charge in [0, 0.05) is 32.4 Å². The molecule has 1 aromatic rings. The molecule has 0 aromatic carbocycles. The summed E-state index contributed by atoms with van der Waals surface area (Å²) in [5.74, 6) is 1.45. The molecule has 2 N–H and O–H groups in total. The number of guanidine groups is 1. The fourth-order valence-corrected chi connectivity index (χ4v) is 3.13. The predicted octanol–water partition coefficient (Wildman–Crippen LogP) is 2.63. The molecule has 0 saturated carbocycles. The molecular weight excluding hydrogens is 389 g/mol. The van der Waals surface area contributed by atoms with E-state index in [1.807, 2.05) is 11.7 Å². The number of hydrogen-bond acceptors (Lipinski definition) is 2. The van der Waals surface area contributed by atoms with Gasteiger partial charge in [0.05, 0.1) is 5.69 Å². The van der Waals surface area contributed by atoms with E-state index in [4.69, 9.17) is 5.73 Å². The Morgan fingerprint density at radius 1 is 1.41 bits per heavy atom. The Labute approximate surface area is 151 Å². The van der Waals surface area contributed by atoms with Crippen molar-refractivity contribution >= 4 is 29.9 Å². The van der Waals surface area contributed by atoms with Gasteiger partial charge in [0.25, 0.3) is 0 Å². The van der Waals surface area contributed by atoms with Crippen LogP contribution in [0.4, 0.5) is 0 Å². The van der Waals surface area contributed by atoms with Crippen molar-refractivity contribution in [1.29, 1.82) is 0 Å². The van der Waals surface area contributed by atoms with Crippen molar-refractivity contribution in [3.63, 3.8) is 0 Å². The first kappa shape index (κ1) is 19.3. The van der Waals surface area contributed by atoms with E-state index in [1.165, 1.54) is 24.1 Å². The van der Waals surface area contributed by atoms with Crippen LogP contribution in [-0.2, 0) is 13.5 Å². The fraction of sp³-hybridized carbons (Fsp3) is 0.750. The number of rotatable bonds is 4. The summed E-state index contributed by atoms with van der Waals surface area (Å²) in [5, 5.41) is 4.45. The summed E-state index contributed by atoms with van der Waals surface area (Å²) in [7, 11) is 2.00. The van der Waals surface area contributed by atoms with Gasteiger partial charge in [-0.05, 0) is 51.0 Å². The van der Waals surface area contributed by atoms with Crippen molar-refractivity contribution in [2.24, 2.45) is 23.7 Å². The van der Waals surface area contributed by atoms with Crippen molar-refractivity contribution in [2.45, 2.75) is 46.5 Å². The molecule has 5 nitrogen and oxygen atoms in total. The third-order valence-corrected chi connectivity index (χ3v) is 4.50. The van der Waals surface area contributed by atoms with E-state index in [-0.39, 0.29) is 24.0 Å². The lowest BCUT2D eigenvalue weighted by molar-refractivity contribution is 0.270. The number of nitrogens with two attached hydrogens (primary N) is 1. The normalized spacial score (nSPS) is 19.2. The molecule has 6 heteroatoms. The summed E-state index contributed by atoms with van der Waals surface area (Å²) < 4.78 is 1.96. The maximum atomic E-state index is 6.11. The number of hydrogen-bond donors (Lipinski definition) is 1. The van der Waals surface area contributed by atoms with Crippen LogP contribution in [0, 0.1) is 19.8 Å². The van der Waals surface area contributed by atoms with Crippen molar-refractivity contribution in [3.8, 4) is 0 Å². The summed E-state index contributed by atoms with van der Waals surface area (Å²) in [4.78, 5) is 6.79. The van der Waals surface area contributed by atoms with Crippen LogP contribution in [0.2, 0.25) is 0 Å². The molecular formula is C16H30IN5. The lowest BCUT2D eigenvalue weighted by atomic mass is 10.0. The summed E-state index contributed by atoms with van der Waals surface area (Å²) in [6, 6.07) is 0. The van der Waals surface area contributed by atoms with Crippen LogP contribution in [0.1, 0.15) is 43.1 Å². The first-order valence-corrected chi connectivity index (χ1v) is 8.03. The lowest BCUT2D eigenvalue weighted by Crippen LogP contribution is -2.43. The minimum absolute atomic E-state index is 0. The molecule has 1 saturated heterocycles. The lowest BCUT2D eigenvalue weighted by Gasteiger charge is -2.31. The van der Waals surface area contributed by atoms with E-state index in [0.717, 1.165) is 50.0 Å². The average molecular weight is 419 g/mol. The zero-order valence-electron chi connectivity index (χ0n) is 14.3. The van der Waals surface area contributed by atoms with E-state index in [2.05, 4.69) is 35.8 Å². The van der Waals surface area contributed by atoms with E-state index >= 15 is 0 Å². The SMILES string of the molecule is Cc1nn(C)c(C)c1CCCN=C(N)N1CCCC(C)C1.I. The average Bonchev–Trinajstić information content (AvgIpc) is 2.69. The highest BCUT2D eigenvalue weighted by Gasteiger charge is 2.17. The van der Waals surface area contributed by atoms with Crippen molar-refractivity contribution in [3.05, 3.63) is 17.0 Å². The molecule has 1 fully saturated rings. The van der Waals surface area contributed by atoms with Gasteiger partial charge in [0.15, 0.2) is 5.96 Å². The monoisotopic (exact) mass is 419 g/mol. The second-order valence-electron chi connectivity index (χ2n) is 6.31.